The van der Waals surface area contributed by atoms with Gasteiger partial charge in [-0.2, -0.15) is 18.3 Å². The number of fused-ring (bicyclic) bond motifs is 1. The van der Waals surface area contributed by atoms with E-state index >= 15 is 0 Å². The van der Waals surface area contributed by atoms with Crippen LogP contribution in [-0.4, -0.2) is 25.1 Å². The maximum Gasteiger partial charge on any atom is 0.435 e. The van der Waals surface area contributed by atoms with Crippen LogP contribution in [-0.2, 0) is 19.1 Å². The van der Waals surface area contributed by atoms with Crippen LogP contribution in [0.1, 0.15) is 34.4 Å². The van der Waals surface area contributed by atoms with Crippen LogP contribution < -0.4 is 5.32 Å². The molecule has 0 radical (unpaired) electrons. The SMILES string of the molecule is CCc1nc2ccc(Cl)cn2c1C(=O)NCc1ccc(-n2ccc(C(F)(F)F)n2)cc1. The summed E-state index contributed by atoms with van der Waals surface area (Å²) in [6.45, 7) is 2.15. The number of benzene rings is 1. The van der Waals surface area contributed by atoms with E-state index in [0.29, 0.717) is 34.2 Å². The second-order valence-electron chi connectivity index (χ2n) is 6.83. The number of aryl methyl sites for hydroxylation is 1. The van der Waals surface area contributed by atoms with Gasteiger partial charge in [0, 0.05) is 18.9 Å². The highest BCUT2D eigenvalue weighted by atomic mass is 35.5. The maximum atomic E-state index is 12.8. The predicted octanol–water partition coefficient (Wildman–Crippen LogP) is 4.68. The summed E-state index contributed by atoms with van der Waals surface area (Å²) in [5, 5.41) is 6.89. The van der Waals surface area contributed by atoms with Gasteiger partial charge in [-0.25, -0.2) is 9.67 Å². The number of halogens is 4. The zero-order valence-electron chi connectivity index (χ0n) is 16.3. The number of amides is 1. The van der Waals surface area contributed by atoms with Gasteiger partial charge in [-0.1, -0.05) is 30.7 Å². The first-order valence-corrected chi connectivity index (χ1v) is 9.81. The van der Waals surface area contributed by atoms with E-state index in [1.807, 2.05) is 6.92 Å². The van der Waals surface area contributed by atoms with Crippen LogP contribution in [0.3, 0.4) is 0 Å². The third kappa shape index (κ3) is 4.27. The van der Waals surface area contributed by atoms with E-state index in [9.17, 15) is 18.0 Å². The number of nitrogens with one attached hydrogen (secondary N) is 1. The lowest BCUT2D eigenvalue weighted by molar-refractivity contribution is -0.141. The lowest BCUT2D eigenvalue weighted by Gasteiger charge is -2.08. The van der Waals surface area contributed by atoms with Gasteiger partial charge in [-0.05, 0) is 42.3 Å². The third-order valence-electron chi connectivity index (χ3n) is 4.74. The van der Waals surface area contributed by atoms with Crippen LogP contribution >= 0.6 is 11.6 Å². The molecule has 3 heterocycles. The second kappa shape index (κ2) is 8.07. The molecule has 1 N–H and O–H groups in total. The number of alkyl halides is 3. The molecular formula is C21H17ClF3N5O. The van der Waals surface area contributed by atoms with E-state index in [-0.39, 0.29) is 12.5 Å². The van der Waals surface area contributed by atoms with Crippen LogP contribution in [0.5, 0.6) is 0 Å². The smallest absolute Gasteiger partial charge is 0.347 e. The van der Waals surface area contributed by atoms with Crippen molar-refractivity contribution in [3.05, 3.63) is 82.5 Å². The van der Waals surface area contributed by atoms with Crippen molar-refractivity contribution in [2.24, 2.45) is 0 Å². The molecule has 4 rings (SSSR count). The summed E-state index contributed by atoms with van der Waals surface area (Å²) in [5.74, 6) is -0.294. The van der Waals surface area contributed by atoms with Gasteiger partial charge in [0.05, 0.1) is 16.4 Å². The van der Waals surface area contributed by atoms with Crippen molar-refractivity contribution >= 4 is 23.2 Å². The van der Waals surface area contributed by atoms with Crippen LogP contribution in [0, 0.1) is 0 Å². The fourth-order valence-electron chi connectivity index (χ4n) is 3.21. The molecule has 1 aromatic carbocycles. The monoisotopic (exact) mass is 447 g/mol. The first-order chi connectivity index (χ1) is 14.8. The molecule has 0 saturated carbocycles. The molecule has 0 fully saturated rings. The number of pyridine rings is 1. The average molecular weight is 448 g/mol. The molecule has 1 amide bonds. The van der Waals surface area contributed by atoms with Crippen LogP contribution in [0.15, 0.2) is 54.9 Å². The quantitative estimate of drug-likeness (QED) is 0.483. The van der Waals surface area contributed by atoms with Crippen LogP contribution in [0.4, 0.5) is 13.2 Å². The molecule has 0 bridgehead atoms. The largest absolute Gasteiger partial charge is 0.435 e. The normalized spacial score (nSPS) is 11.8. The summed E-state index contributed by atoms with van der Waals surface area (Å²) >= 11 is 6.06. The molecule has 0 atom stereocenters. The predicted molar refractivity (Wildman–Crippen MR) is 109 cm³/mol. The summed E-state index contributed by atoms with van der Waals surface area (Å²) in [6, 6.07) is 11.1. The fourth-order valence-corrected chi connectivity index (χ4v) is 3.37. The summed E-state index contributed by atoms with van der Waals surface area (Å²) in [7, 11) is 0. The van der Waals surface area contributed by atoms with Gasteiger partial charge in [0.2, 0.25) is 0 Å². The molecule has 0 aliphatic rings. The van der Waals surface area contributed by atoms with E-state index < -0.39 is 11.9 Å². The molecular weight excluding hydrogens is 431 g/mol. The van der Waals surface area contributed by atoms with Crippen LogP contribution in [0.25, 0.3) is 11.3 Å². The van der Waals surface area contributed by atoms with Gasteiger partial charge in [-0.3, -0.25) is 9.20 Å². The second-order valence-corrected chi connectivity index (χ2v) is 7.27. The van der Waals surface area contributed by atoms with Crippen molar-refractivity contribution in [1.82, 2.24) is 24.5 Å². The van der Waals surface area contributed by atoms with Crippen LogP contribution in [0.2, 0.25) is 5.02 Å². The van der Waals surface area contributed by atoms with E-state index in [4.69, 9.17) is 11.6 Å². The average Bonchev–Trinajstić information content (AvgIpc) is 3.37. The highest BCUT2D eigenvalue weighted by Gasteiger charge is 2.33. The molecule has 4 aromatic rings. The molecule has 10 heteroatoms. The maximum absolute atomic E-state index is 12.8. The zero-order chi connectivity index (χ0) is 22.2. The number of hydrogen-bond acceptors (Lipinski definition) is 3. The van der Waals surface area contributed by atoms with Crippen molar-refractivity contribution in [2.75, 3.05) is 0 Å². The zero-order valence-corrected chi connectivity index (χ0v) is 17.1. The van der Waals surface area contributed by atoms with Crippen molar-refractivity contribution in [2.45, 2.75) is 26.1 Å². The number of nitrogens with zero attached hydrogens (tertiary/aromatic N) is 4. The minimum absolute atomic E-state index is 0.239. The summed E-state index contributed by atoms with van der Waals surface area (Å²) in [5.41, 5.74) is 2.03. The summed E-state index contributed by atoms with van der Waals surface area (Å²) in [6.07, 6.45) is -1.01. The number of hydrogen-bond donors (Lipinski definition) is 1. The number of carbonyl (C=O) groups excluding carboxylic acids is 1. The standard InChI is InChI=1S/C21H17ClF3N5O/c1-2-16-19(29-12-14(22)5-8-18(29)27-16)20(31)26-11-13-3-6-15(7-4-13)30-10-9-17(28-30)21(23,24)25/h3-10,12H,2,11H2,1H3,(H,26,31). The van der Waals surface area contributed by atoms with E-state index in [1.165, 1.54) is 6.20 Å². The lowest BCUT2D eigenvalue weighted by Crippen LogP contribution is -2.25. The Balaban J connectivity index is 1.49. The molecule has 0 spiro atoms. The lowest BCUT2D eigenvalue weighted by atomic mass is 10.2. The fraction of sp³-hybridized carbons (Fsp3) is 0.190. The number of carbonyl (C=O) groups is 1. The Morgan fingerprint density at radius 2 is 1.87 bits per heavy atom. The van der Waals surface area contributed by atoms with E-state index in [0.717, 1.165) is 16.3 Å². The Kier molecular flexibility index (Phi) is 5.45. The Labute approximate surface area is 180 Å². The van der Waals surface area contributed by atoms with Crippen molar-refractivity contribution in [3.63, 3.8) is 0 Å². The molecule has 3 aromatic heterocycles. The number of rotatable bonds is 5. The minimum Gasteiger partial charge on any atom is -0.347 e. The topological polar surface area (TPSA) is 64.2 Å². The summed E-state index contributed by atoms with van der Waals surface area (Å²) in [4.78, 5) is 17.3. The van der Waals surface area contributed by atoms with Crippen molar-refractivity contribution < 1.29 is 18.0 Å². The van der Waals surface area contributed by atoms with Gasteiger partial charge in [0.15, 0.2) is 5.69 Å². The molecule has 0 unspecified atom stereocenters. The third-order valence-corrected chi connectivity index (χ3v) is 4.96. The Bertz CT molecular complexity index is 1240. The minimum atomic E-state index is -4.49. The van der Waals surface area contributed by atoms with Gasteiger partial charge >= 0.3 is 6.18 Å². The van der Waals surface area contributed by atoms with Gasteiger partial charge in [0.1, 0.15) is 11.3 Å². The van der Waals surface area contributed by atoms with Gasteiger partial charge in [-0.15, -0.1) is 0 Å². The molecule has 0 aliphatic heterocycles. The molecule has 31 heavy (non-hydrogen) atoms. The van der Waals surface area contributed by atoms with Gasteiger partial charge in [0.25, 0.3) is 5.91 Å². The summed E-state index contributed by atoms with van der Waals surface area (Å²) < 4.78 is 41.0. The Morgan fingerprint density at radius 3 is 2.52 bits per heavy atom. The molecule has 6 nitrogen and oxygen atoms in total. The molecule has 160 valence electrons. The van der Waals surface area contributed by atoms with E-state index in [2.05, 4.69) is 15.4 Å². The van der Waals surface area contributed by atoms with Crippen molar-refractivity contribution in [3.8, 4) is 5.69 Å². The van der Waals surface area contributed by atoms with Crippen molar-refractivity contribution in [1.29, 1.82) is 0 Å². The molecule has 0 aliphatic carbocycles. The number of imidazole rings is 1. The number of aromatic nitrogens is 4. The first kappa shape index (κ1) is 20.9. The highest BCUT2D eigenvalue weighted by Crippen LogP contribution is 2.28. The highest BCUT2D eigenvalue weighted by molar-refractivity contribution is 6.30. The van der Waals surface area contributed by atoms with E-state index in [1.54, 1.807) is 47.0 Å². The molecule has 0 saturated heterocycles. The Hall–Kier alpha value is -3.33. The van der Waals surface area contributed by atoms with Gasteiger partial charge < -0.3 is 5.32 Å². The first-order valence-electron chi connectivity index (χ1n) is 9.43. The Morgan fingerprint density at radius 1 is 1.13 bits per heavy atom.